The van der Waals surface area contributed by atoms with Crippen LogP contribution in [0.3, 0.4) is 0 Å². The fourth-order valence-corrected chi connectivity index (χ4v) is 2.62. The molecule has 0 unspecified atom stereocenters. The third-order valence-corrected chi connectivity index (χ3v) is 3.61. The van der Waals surface area contributed by atoms with E-state index in [9.17, 15) is 22.8 Å². The number of halogens is 3. The molecule has 2 rings (SSSR count). The first-order valence-corrected chi connectivity index (χ1v) is 6.93. The van der Waals surface area contributed by atoms with Crippen LogP contribution >= 0.6 is 11.5 Å². The molecule has 1 aromatic carbocycles. The normalized spacial score (nSPS) is 11.3. The summed E-state index contributed by atoms with van der Waals surface area (Å²) in [6.45, 7) is 1.53. The number of aromatic nitrogens is 1. The average Bonchev–Trinajstić information content (AvgIpc) is 2.77. The van der Waals surface area contributed by atoms with E-state index in [0.717, 1.165) is 23.7 Å². The van der Waals surface area contributed by atoms with Crippen molar-refractivity contribution in [1.82, 2.24) is 9.69 Å². The molecule has 0 saturated heterocycles. The van der Waals surface area contributed by atoms with E-state index in [0.29, 0.717) is 5.56 Å². The Balaban J connectivity index is 2.42. The number of anilines is 2. The van der Waals surface area contributed by atoms with E-state index in [1.165, 1.54) is 20.0 Å². The molecule has 118 valence electrons. The summed E-state index contributed by atoms with van der Waals surface area (Å²) in [6.07, 6.45) is -4.47. The number of aromatic amines is 1. The van der Waals surface area contributed by atoms with Gasteiger partial charge in [-0.05, 0) is 42.2 Å². The third-order valence-electron chi connectivity index (χ3n) is 2.82. The van der Waals surface area contributed by atoms with Crippen LogP contribution in [0, 0.1) is 6.92 Å². The molecule has 0 radical (unpaired) electrons. The third kappa shape index (κ3) is 3.30. The highest BCUT2D eigenvalue weighted by Crippen LogP contribution is 2.33. The number of rotatable bonds is 3. The maximum absolute atomic E-state index is 12.8. The molecule has 0 bridgehead atoms. The first kappa shape index (κ1) is 16.1. The summed E-state index contributed by atoms with van der Waals surface area (Å²) in [5.74, 6) is -0.617. The van der Waals surface area contributed by atoms with Gasteiger partial charge < -0.3 is 10.6 Å². The van der Waals surface area contributed by atoms with Gasteiger partial charge in [-0.2, -0.15) is 13.2 Å². The zero-order valence-corrected chi connectivity index (χ0v) is 12.4. The van der Waals surface area contributed by atoms with Crippen molar-refractivity contribution in [2.45, 2.75) is 13.1 Å². The average molecular weight is 331 g/mol. The molecule has 5 nitrogen and oxygen atoms in total. The van der Waals surface area contributed by atoms with Crippen LogP contribution in [-0.2, 0) is 6.18 Å². The Morgan fingerprint density at radius 1 is 1.27 bits per heavy atom. The van der Waals surface area contributed by atoms with Crippen LogP contribution in [0.25, 0.3) is 0 Å². The Morgan fingerprint density at radius 2 is 1.95 bits per heavy atom. The highest BCUT2D eigenvalue weighted by molar-refractivity contribution is 7.10. The minimum Gasteiger partial charge on any atom is -0.355 e. The summed E-state index contributed by atoms with van der Waals surface area (Å²) in [5, 5.41) is 5.15. The first-order valence-electron chi connectivity index (χ1n) is 6.12. The molecule has 2 aromatic rings. The zero-order chi connectivity index (χ0) is 16.5. The number of nitrogens with one attached hydrogen (secondary N) is 3. The van der Waals surface area contributed by atoms with Gasteiger partial charge in [-0.25, -0.2) is 0 Å². The van der Waals surface area contributed by atoms with Gasteiger partial charge in [-0.1, -0.05) is 0 Å². The number of benzene rings is 1. The number of carbonyl (C=O) groups excluding carboxylic acids is 1. The van der Waals surface area contributed by atoms with Gasteiger partial charge in [-0.3, -0.25) is 14.0 Å². The summed E-state index contributed by atoms with van der Waals surface area (Å²) >= 11 is 0.843. The van der Waals surface area contributed by atoms with Gasteiger partial charge in [-0.15, -0.1) is 0 Å². The molecular weight excluding hydrogens is 319 g/mol. The minimum atomic E-state index is -4.47. The van der Waals surface area contributed by atoms with E-state index in [2.05, 4.69) is 15.0 Å². The number of hydrogen-bond donors (Lipinski definition) is 3. The Bertz CT molecular complexity index is 765. The number of alkyl halides is 3. The van der Waals surface area contributed by atoms with Crippen LogP contribution in [-0.4, -0.2) is 17.3 Å². The smallest absolute Gasteiger partial charge is 0.355 e. The molecule has 0 fully saturated rings. The summed E-state index contributed by atoms with van der Waals surface area (Å²) in [7, 11) is 1.36. The predicted molar refractivity (Wildman–Crippen MR) is 77.8 cm³/mol. The lowest BCUT2D eigenvalue weighted by atomic mass is 10.1. The first-order chi connectivity index (χ1) is 10.2. The maximum Gasteiger partial charge on any atom is 0.416 e. The molecule has 0 aliphatic heterocycles. The number of aryl methyl sites for hydroxylation is 1. The lowest BCUT2D eigenvalue weighted by Gasteiger charge is -2.12. The van der Waals surface area contributed by atoms with Gasteiger partial charge in [0.05, 0.1) is 5.56 Å². The van der Waals surface area contributed by atoms with Gasteiger partial charge in [0, 0.05) is 12.7 Å². The Morgan fingerprint density at radius 3 is 2.55 bits per heavy atom. The number of carbonyl (C=O) groups is 1. The van der Waals surface area contributed by atoms with Gasteiger partial charge in [0.25, 0.3) is 11.5 Å². The topological polar surface area (TPSA) is 74.0 Å². The minimum absolute atomic E-state index is 0.146. The molecule has 0 aliphatic rings. The Kier molecular flexibility index (Phi) is 4.27. The van der Waals surface area contributed by atoms with Gasteiger partial charge >= 0.3 is 6.18 Å². The fraction of sp³-hybridized carbons (Fsp3) is 0.231. The van der Waals surface area contributed by atoms with Gasteiger partial charge in [0.15, 0.2) is 0 Å². The largest absolute Gasteiger partial charge is 0.416 e. The van der Waals surface area contributed by atoms with Crippen LogP contribution in [0.1, 0.15) is 21.5 Å². The van der Waals surface area contributed by atoms with Crippen molar-refractivity contribution in [3.05, 3.63) is 45.2 Å². The monoisotopic (exact) mass is 331 g/mol. The van der Waals surface area contributed by atoms with E-state index in [-0.39, 0.29) is 16.3 Å². The van der Waals surface area contributed by atoms with E-state index in [1.807, 2.05) is 0 Å². The van der Waals surface area contributed by atoms with E-state index in [4.69, 9.17) is 0 Å². The lowest BCUT2D eigenvalue weighted by molar-refractivity contribution is -0.137. The van der Waals surface area contributed by atoms with Crippen molar-refractivity contribution >= 4 is 28.1 Å². The molecule has 0 atom stereocenters. The van der Waals surface area contributed by atoms with Crippen molar-refractivity contribution in [2.24, 2.45) is 0 Å². The molecule has 3 N–H and O–H groups in total. The summed E-state index contributed by atoms with van der Waals surface area (Å²) in [4.78, 5) is 23.3. The predicted octanol–water partition coefficient (Wildman–Crippen LogP) is 2.87. The molecule has 1 amide bonds. The molecule has 9 heteroatoms. The SMILES string of the molecule is CNC(=O)c1c(Nc2cc(C)cc(C(F)(F)F)c2)s[nH]c1=O. The highest BCUT2D eigenvalue weighted by Gasteiger charge is 2.31. The summed E-state index contributed by atoms with van der Waals surface area (Å²) in [5.41, 5.74) is -1.02. The fourth-order valence-electron chi connectivity index (χ4n) is 1.87. The molecule has 1 aromatic heterocycles. The quantitative estimate of drug-likeness (QED) is 0.810. The van der Waals surface area contributed by atoms with Crippen molar-refractivity contribution in [2.75, 3.05) is 12.4 Å². The number of amides is 1. The second-order valence-corrected chi connectivity index (χ2v) is 5.34. The van der Waals surface area contributed by atoms with Gasteiger partial charge in [0.2, 0.25) is 0 Å². The molecule has 0 saturated carbocycles. The number of hydrogen-bond acceptors (Lipinski definition) is 4. The van der Waals surface area contributed by atoms with Crippen molar-refractivity contribution in [3.63, 3.8) is 0 Å². The van der Waals surface area contributed by atoms with Crippen LogP contribution in [0.2, 0.25) is 0 Å². The highest BCUT2D eigenvalue weighted by atomic mass is 32.1. The zero-order valence-electron chi connectivity index (χ0n) is 11.6. The molecular formula is C13H12F3N3O2S. The van der Waals surface area contributed by atoms with Crippen LogP contribution in [0.15, 0.2) is 23.0 Å². The maximum atomic E-state index is 12.8. The molecule has 22 heavy (non-hydrogen) atoms. The standard InChI is InChI=1S/C13H12F3N3O2S/c1-6-3-7(13(14,15)16)5-8(4-6)18-12-9(10(20)17-2)11(21)19-22-12/h3-5,18H,1-2H3,(H,17,20)(H,19,21). The van der Waals surface area contributed by atoms with Gasteiger partial charge in [0.1, 0.15) is 10.6 Å². The summed E-state index contributed by atoms with van der Waals surface area (Å²) in [6, 6.07) is 3.43. The van der Waals surface area contributed by atoms with E-state index in [1.54, 1.807) is 0 Å². The lowest BCUT2D eigenvalue weighted by Crippen LogP contribution is -2.24. The van der Waals surface area contributed by atoms with Crippen molar-refractivity contribution in [3.8, 4) is 0 Å². The van der Waals surface area contributed by atoms with Crippen LogP contribution in [0.4, 0.5) is 23.9 Å². The summed E-state index contributed by atoms with van der Waals surface area (Å²) < 4.78 is 40.8. The number of H-pyrrole nitrogens is 1. The van der Waals surface area contributed by atoms with Crippen LogP contribution in [0.5, 0.6) is 0 Å². The molecule has 0 spiro atoms. The van der Waals surface area contributed by atoms with E-state index < -0.39 is 23.2 Å². The molecule has 0 aliphatic carbocycles. The van der Waals surface area contributed by atoms with Crippen LogP contribution < -0.4 is 16.2 Å². The van der Waals surface area contributed by atoms with Crippen molar-refractivity contribution in [1.29, 1.82) is 0 Å². The Labute approximate surface area is 127 Å². The second kappa shape index (κ2) is 5.84. The second-order valence-electron chi connectivity index (χ2n) is 4.53. The van der Waals surface area contributed by atoms with E-state index >= 15 is 0 Å². The Hall–Kier alpha value is -2.29. The van der Waals surface area contributed by atoms with Crippen molar-refractivity contribution < 1.29 is 18.0 Å². The molecule has 1 heterocycles.